The van der Waals surface area contributed by atoms with Crippen molar-refractivity contribution in [3.8, 4) is 50.7 Å². The molecule has 0 aliphatic carbocycles. The third-order valence-electron chi connectivity index (χ3n) is 18.9. The maximum absolute atomic E-state index is 6.83. The zero-order valence-corrected chi connectivity index (χ0v) is 57.6. The third kappa shape index (κ3) is 12.2. The summed E-state index contributed by atoms with van der Waals surface area (Å²) >= 11 is 13.1. The molecule has 20 rings (SSSR count). The summed E-state index contributed by atoms with van der Waals surface area (Å²) in [7, 11) is 0. The number of rotatable bonds is 5. The first-order valence-corrected chi connectivity index (χ1v) is 34.5. The van der Waals surface area contributed by atoms with E-state index >= 15 is 0 Å². The van der Waals surface area contributed by atoms with E-state index in [9.17, 15) is 0 Å². The number of nitrogens with one attached hydrogen (secondary N) is 1. The number of nitrogens with zero attached hydrogens (tertiary/aromatic N) is 9. The molecule has 0 aliphatic rings. The van der Waals surface area contributed by atoms with Gasteiger partial charge in [-0.05, 0) is 154 Å². The molecule has 102 heavy (non-hydrogen) atoms. The van der Waals surface area contributed by atoms with Crippen LogP contribution in [0.4, 0.5) is 0 Å². The number of H-pyrrole nitrogens is 1. The zero-order chi connectivity index (χ0) is 69.0. The van der Waals surface area contributed by atoms with Gasteiger partial charge in [0.1, 0.15) is 0 Å². The Hall–Kier alpha value is -12.6. The number of aryl methyl sites for hydroxylation is 4. The van der Waals surface area contributed by atoms with Crippen LogP contribution in [0.5, 0.6) is 0 Å². The van der Waals surface area contributed by atoms with E-state index in [0.29, 0.717) is 22.6 Å². The van der Waals surface area contributed by atoms with Crippen molar-refractivity contribution >= 4 is 143 Å². The number of fused-ring (bicyclic) bond motifs is 13. The molecule has 0 radical (unpaired) electrons. The number of aromatic amines is 1. The Bertz CT molecular complexity index is 6660. The van der Waals surface area contributed by atoms with E-state index in [4.69, 9.17) is 43.1 Å². The van der Waals surface area contributed by atoms with Gasteiger partial charge in [-0.2, -0.15) is 0 Å². The lowest BCUT2D eigenvalue weighted by Crippen LogP contribution is -1.98. The van der Waals surface area contributed by atoms with E-state index in [1.807, 2.05) is 24.3 Å². The van der Waals surface area contributed by atoms with Gasteiger partial charge in [-0.3, -0.25) is 0 Å². The molecule has 0 saturated heterocycles. The van der Waals surface area contributed by atoms with Gasteiger partial charge in [-0.1, -0.05) is 246 Å². The lowest BCUT2D eigenvalue weighted by atomic mass is 9.99. The average Bonchev–Trinajstić information content (AvgIpc) is 1.55. The van der Waals surface area contributed by atoms with Crippen molar-refractivity contribution < 1.29 is 0 Å². The number of aromatic nitrogens is 10. The molecule has 0 saturated carbocycles. The molecule has 20 aromatic rings. The lowest BCUT2D eigenvalue weighted by Gasteiger charge is -2.12. The van der Waals surface area contributed by atoms with Gasteiger partial charge in [-0.15, -0.1) is 0 Å². The predicted octanol–water partition coefficient (Wildman–Crippen LogP) is 23.9. The minimum absolute atomic E-state index is 0.524. The molecule has 6 aromatic heterocycles. The van der Waals surface area contributed by atoms with E-state index in [2.05, 4.69) is 306 Å². The Kier molecular flexibility index (Phi) is 16.4. The Balaban J connectivity index is 0.000000114. The summed E-state index contributed by atoms with van der Waals surface area (Å²) in [5.41, 5.74) is 19.9. The Labute approximate surface area is 597 Å². The second kappa shape index (κ2) is 26.6. The van der Waals surface area contributed by atoms with Gasteiger partial charge in [0.2, 0.25) is 0 Å². The normalized spacial score (nSPS) is 11.4. The lowest BCUT2D eigenvalue weighted by molar-refractivity contribution is 1.16. The van der Waals surface area contributed by atoms with Crippen molar-refractivity contribution in [1.29, 1.82) is 0 Å². The molecule has 0 unspecified atom stereocenters. The Morgan fingerprint density at radius 3 is 1.20 bits per heavy atom. The highest BCUT2D eigenvalue weighted by Gasteiger charge is 2.20. The van der Waals surface area contributed by atoms with Crippen molar-refractivity contribution in [3.63, 3.8) is 0 Å². The van der Waals surface area contributed by atoms with Crippen LogP contribution in [-0.4, -0.2) is 49.4 Å². The largest absolute Gasteiger partial charge is 0.354 e. The van der Waals surface area contributed by atoms with Gasteiger partial charge < -0.3 is 9.55 Å². The maximum atomic E-state index is 6.83. The van der Waals surface area contributed by atoms with E-state index in [1.165, 1.54) is 70.7 Å². The summed E-state index contributed by atoms with van der Waals surface area (Å²) in [6.07, 6.45) is 6.60. The van der Waals surface area contributed by atoms with Crippen molar-refractivity contribution in [2.24, 2.45) is 0 Å². The second-order valence-electron chi connectivity index (χ2n) is 25.9. The van der Waals surface area contributed by atoms with Gasteiger partial charge >= 0.3 is 0 Å². The van der Waals surface area contributed by atoms with Crippen molar-refractivity contribution in [2.45, 2.75) is 27.7 Å². The Morgan fingerprint density at radius 2 is 0.657 bits per heavy atom. The standard InChI is InChI=1S/C39H24ClN5.C24H18N4.C16H10ClN.C11H10/c1-23-9-11-24(12-10-23)36-37(44-39-38(43-36)41-17-18-42-39)29-14-13-28-20-30(16-15-27(28)19-29)45-33-8-4-7-32(40)35(33)31-21-25-5-2-3-6-26(25)22-34(31)45;1-15-3-6-17(7-4-15)21-22(28-24-23(27-21)25-11-12-26-24)20-10-9-18-13-16(2)5-8-19(18)14-20;17-13-6-3-7-14-16(13)12-8-10-4-1-2-5-11(10)9-15(12)18-14;1-9-6-7-10-4-2-3-5-11(10)8-9/h2-22H,1H3;3-14H,1-2H3;1-9,18H;2-8H,1H3. The predicted molar refractivity (Wildman–Crippen MR) is 425 cm³/mol. The molecule has 0 aliphatic heterocycles. The van der Waals surface area contributed by atoms with Crippen LogP contribution in [-0.2, 0) is 0 Å². The number of benzene rings is 14. The summed E-state index contributed by atoms with van der Waals surface area (Å²) in [5, 5.41) is 18.2. The van der Waals surface area contributed by atoms with Crippen LogP contribution >= 0.6 is 23.2 Å². The van der Waals surface area contributed by atoms with Crippen LogP contribution in [0.1, 0.15) is 22.3 Å². The SMILES string of the molecule is Cc1ccc(-c2nc3nccnc3nc2-c2ccc3cc(-n4c5cc6ccccc6cc5c5c(Cl)cccc54)ccc3c2)cc1.Cc1ccc(-c2nc3nccnc3nc2-c2ccc3cc(C)ccc3c2)cc1.Cc1ccc2ccccc2c1.Clc1cccc2[nH]c3cc4ccccc4cc3c12. The van der Waals surface area contributed by atoms with E-state index in [-0.39, 0.29) is 0 Å². The van der Waals surface area contributed by atoms with E-state index in [0.717, 1.165) is 110 Å². The molecule has 486 valence electrons. The number of hydrogen-bond donors (Lipinski definition) is 1. The van der Waals surface area contributed by atoms with E-state index < -0.39 is 0 Å². The molecular formula is C90H62Cl2N10. The summed E-state index contributed by atoms with van der Waals surface area (Å²) < 4.78 is 2.32. The van der Waals surface area contributed by atoms with Gasteiger partial charge in [0.05, 0.1) is 43.9 Å². The molecule has 0 atom stereocenters. The van der Waals surface area contributed by atoms with Crippen molar-refractivity contribution in [2.75, 3.05) is 0 Å². The maximum Gasteiger partial charge on any atom is 0.198 e. The highest BCUT2D eigenvalue weighted by Crippen LogP contribution is 2.41. The third-order valence-corrected chi connectivity index (χ3v) is 19.5. The molecule has 0 spiro atoms. The van der Waals surface area contributed by atoms with Gasteiger partial charge in [0.25, 0.3) is 0 Å². The van der Waals surface area contributed by atoms with Gasteiger partial charge in [0, 0.05) is 85.3 Å². The summed E-state index contributed by atoms with van der Waals surface area (Å²) in [4.78, 5) is 40.5. The van der Waals surface area contributed by atoms with Crippen molar-refractivity contribution in [3.05, 3.63) is 330 Å². The zero-order valence-electron chi connectivity index (χ0n) is 56.1. The topological polar surface area (TPSA) is 124 Å². The van der Waals surface area contributed by atoms with Crippen LogP contribution in [0.2, 0.25) is 10.0 Å². The first-order valence-electron chi connectivity index (χ1n) is 33.8. The summed E-state index contributed by atoms with van der Waals surface area (Å²) in [6, 6.07) is 95.4. The first-order chi connectivity index (χ1) is 50.0. The molecular weight excluding hydrogens is 1290 g/mol. The molecule has 0 fully saturated rings. The quantitative estimate of drug-likeness (QED) is 0.181. The highest BCUT2D eigenvalue weighted by molar-refractivity contribution is 6.39. The molecule has 0 amide bonds. The van der Waals surface area contributed by atoms with Gasteiger partial charge in [0.15, 0.2) is 22.6 Å². The highest BCUT2D eigenvalue weighted by atomic mass is 35.5. The summed E-state index contributed by atoms with van der Waals surface area (Å²) in [6.45, 7) is 8.38. The molecule has 0 bridgehead atoms. The fourth-order valence-corrected chi connectivity index (χ4v) is 14.3. The molecule has 1 N–H and O–H groups in total. The minimum Gasteiger partial charge on any atom is -0.354 e. The summed E-state index contributed by atoms with van der Waals surface area (Å²) in [5.74, 6) is 0. The van der Waals surface area contributed by atoms with Crippen LogP contribution in [0, 0.1) is 27.7 Å². The van der Waals surface area contributed by atoms with Crippen LogP contribution < -0.4 is 0 Å². The molecule has 12 heteroatoms. The van der Waals surface area contributed by atoms with Crippen molar-refractivity contribution in [1.82, 2.24) is 49.4 Å². The number of halogens is 2. The fourth-order valence-electron chi connectivity index (χ4n) is 13.8. The fraction of sp³-hybridized carbons (Fsp3) is 0.0444. The van der Waals surface area contributed by atoms with Crippen LogP contribution in [0.3, 0.4) is 0 Å². The minimum atomic E-state index is 0.524. The van der Waals surface area contributed by atoms with Crippen LogP contribution in [0.25, 0.3) is 171 Å². The monoisotopic (exact) mass is 1350 g/mol. The van der Waals surface area contributed by atoms with E-state index in [1.54, 1.807) is 24.8 Å². The average molecular weight is 1350 g/mol. The molecule has 14 aromatic carbocycles. The second-order valence-corrected chi connectivity index (χ2v) is 26.7. The Morgan fingerprint density at radius 1 is 0.275 bits per heavy atom. The molecule has 10 nitrogen and oxygen atoms in total. The van der Waals surface area contributed by atoms with Crippen LogP contribution in [0.15, 0.2) is 298 Å². The molecule has 6 heterocycles. The van der Waals surface area contributed by atoms with Gasteiger partial charge in [-0.25, -0.2) is 39.9 Å². The number of hydrogen-bond acceptors (Lipinski definition) is 8. The first kappa shape index (κ1) is 62.9. The smallest absolute Gasteiger partial charge is 0.198 e.